The van der Waals surface area contributed by atoms with E-state index in [4.69, 9.17) is 5.73 Å². The highest BCUT2D eigenvalue weighted by atomic mass is 32.2. The third kappa shape index (κ3) is 3.98. The third-order valence-corrected chi connectivity index (χ3v) is 4.20. The number of amidine groups is 1. The minimum Gasteiger partial charge on any atom is -0.377 e. The van der Waals surface area contributed by atoms with Gasteiger partial charge in [-0.3, -0.25) is 0 Å². The molecule has 1 aromatic heterocycles. The van der Waals surface area contributed by atoms with Crippen molar-refractivity contribution < 1.29 is 0 Å². The highest BCUT2D eigenvalue weighted by Crippen LogP contribution is 2.13. The van der Waals surface area contributed by atoms with E-state index in [0.717, 1.165) is 22.3 Å². The van der Waals surface area contributed by atoms with E-state index in [-0.39, 0.29) is 0 Å². The lowest BCUT2D eigenvalue weighted by atomic mass is 10.2. The summed E-state index contributed by atoms with van der Waals surface area (Å²) >= 11 is 1.47. The van der Waals surface area contributed by atoms with Gasteiger partial charge in [-0.25, -0.2) is 4.98 Å². The first-order chi connectivity index (χ1) is 11.2. The normalized spacial score (nSPS) is 12.3. The van der Waals surface area contributed by atoms with Gasteiger partial charge >= 0.3 is 0 Å². The zero-order valence-electron chi connectivity index (χ0n) is 12.8. The molecule has 0 amide bonds. The molecule has 0 atom stereocenters. The van der Waals surface area contributed by atoms with Crippen LogP contribution in [0.4, 0.5) is 0 Å². The maximum Gasteiger partial charge on any atom is 0.180 e. The zero-order chi connectivity index (χ0) is 16.1. The van der Waals surface area contributed by atoms with Crippen molar-refractivity contribution in [1.82, 2.24) is 9.55 Å². The molecule has 0 aliphatic heterocycles. The topological polar surface area (TPSA) is 68.6 Å². The number of nitrogens with zero attached hydrogens (tertiary/aromatic N) is 4. The molecular formula is C17H17N5S. The summed E-state index contributed by atoms with van der Waals surface area (Å²) in [6, 6.07) is 16.1. The largest absolute Gasteiger partial charge is 0.377 e. The summed E-state index contributed by atoms with van der Waals surface area (Å²) < 4.78 is 1.98. The molecule has 0 unspecified atom stereocenters. The van der Waals surface area contributed by atoms with E-state index >= 15 is 0 Å². The summed E-state index contributed by atoms with van der Waals surface area (Å²) in [5.41, 5.74) is 10.0. The molecule has 0 radical (unpaired) electrons. The lowest BCUT2D eigenvalue weighted by molar-refractivity contribution is 0.947. The number of thioether (sulfide) groups is 1. The third-order valence-electron chi connectivity index (χ3n) is 3.34. The van der Waals surface area contributed by atoms with Gasteiger partial charge in [0, 0.05) is 12.8 Å². The van der Waals surface area contributed by atoms with Crippen molar-refractivity contribution in [3.8, 4) is 0 Å². The van der Waals surface area contributed by atoms with E-state index in [0.29, 0.717) is 5.17 Å². The lowest BCUT2D eigenvalue weighted by Crippen LogP contribution is -2.05. The highest BCUT2D eigenvalue weighted by molar-refractivity contribution is 8.13. The first-order valence-electron chi connectivity index (χ1n) is 7.17. The number of hydrogen-bond donors (Lipinski definition) is 1. The molecule has 2 aromatic carbocycles. The van der Waals surface area contributed by atoms with E-state index in [1.807, 2.05) is 48.0 Å². The molecule has 0 aliphatic rings. The maximum absolute atomic E-state index is 5.86. The van der Waals surface area contributed by atoms with Crippen LogP contribution in [0.5, 0.6) is 0 Å². The number of benzene rings is 2. The molecule has 6 heteroatoms. The summed E-state index contributed by atoms with van der Waals surface area (Å²) in [5, 5.41) is 8.52. The van der Waals surface area contributed by atoms with E-state index < -0.39 is 0 Å². The number of fused-ring (bicyclic) bond motifs is 1. The van der Waals surface area contributed by atoms with Crippen molar-refractivity contribution >= 4 is 34.2 Å². The van der Waals surface area contributed by atoms with Crippen molar-refractivity contribution in [2.45, 2.75) is 5.75 Å². The van der Waals surface area contributed by atoms with Crippen LogP contribution in [0, 0.1) is 0 Å². The Morgan fingerprint density at radius 2 is 2.09 bits per heavy atom. The Morgan fingerprint density at radius 3 is 2.91 bits per heavy atom. The molecule has 3 rings (SSSR count). The molecule has 0 bridgehead atoms. The van der Waals surface area contributed by atoms with Crippen molar-refractivity contribution in [2.24, 2.45) is 23.0 Å². The summed E-state index contributed by atoms with van der Waals surface area (Å²) in [6.07, 6.45) is 3.48. The Bertz CT molecular complexity index is 852. The first kappa shape index (κ1) is 15.3. The summed E-state index contributed by atoms with van der Waals surface area (Å²) in [5.74, 6) is 0.783. The molecule has 0 fully saturated rings. The van der Waals surface area contributed by atoms with Gasteiger partial charge in [-0.05, 0) is 23.3 Å². The number of rotatable bonds is 4. The number of hydrogen-bond acceptors (Lipinski definition) is 4. The van der Waals surface area contributed by atoms with Crippen LogP contribution < -0.4 is 5.73 Å². The minimum atomic E-state index is 0.448. The maximum atomic E-state index is 5.86. The molecule has 3 aromatic rings. The fourth-order valence-corrected chi connectivity index (χ4v) is 2.76. The fraction of sp³-hybridized carbons (Fsp3) is 0.118. The molecule has 2 N–H and O–H groups in total. The van der Waals surface area contributed by atoms with E-state index in [2.05, 4.69) is 27.3 Å². The van der Waals surface area contributed by atoms with Crippen LogP contribution in [0.15, 0.2) is 65.1 Å². The number of aryl methyl sites for hydroxylation is 1. The summed E-state index contributed by atoms with van der Waals surface area (Å²) in [4.78, 5) is 4.32. The second-order valence-electron chi connectivity index (χ2n) is 5.06. The van der Waals surface area contributed by atoms with Crippen molar-refractivity contribution in [1.29, 1.82) is 0 Å². The van der Waals surface area contributed by atoms with Crippen LogP contribution in [0.1, 0.15) is 11.1 Å². The number of nitrogens with two attached hydrogens (primary N) is 1. The summed E-state index contributed by atoms with van der Waals surface area (Å²) in [7, 11) is 1.97. The van der Waals surface area contributed by atoms with Gasteiger partial charge in [0.2, 0.25) is 0 Å². The minimum absolute atomic E-state index is 0.448. The standard InChI is InChI=1S/C17H17N5S/c1-22-12-19-15-9-14(7-8-16(15)22)10-20-21-17(18)23-11-13-5-3-2-4-6-13/h2-10,12H,11H2,1H3,(H2,18,21). The molecule has 0 saturated carbocycles. The van der Waals surface area contributed by atoms with Crippen LogP contribution in [0.25, 0.3) is 11.0 Å². The van der Waals surface area contributed by atoms with E-state index in [9.17, 15) is 0 Å². The van der Waals surface area contributed by atoms with Gasteiger partial charge in [0.1, 0.15) is 0 Å². The predicted octanol–water partition coefficient (Wildman–Crippen LogP) is 3.16. The van der Waals surface area contributed by atoms with Crippen LogP contribution in [0.3, 0.4) is 0 Å². The average Bonchev–Trinajstić information content (AvgIpc) is 2.95. The monoisotopic (exact) mass is 323 g/mol. The van der Waals surface area contributed by atoms with Gasteiger partial charge in [0.25, 0.3) is 0 Å². The van der Waals surface area contributed by atoms with Crippen LogP contribution >= 0.6 is 11.8 Å². The Labute approximate surface area is 138 Å². The SMILES string of the molecule is Cn1cnc2cc(C=NN=C(N)SCc3ccccc3)ccc21. The quantitative estimate of drug-likeness (QED) is 0.455. The van der Waals surface area contributed by atoms with Crippen LogP contribution in [0.2, 0.25) is 0 Å². The molecule has 0 spiro atoms. The van der Waals surface area contributed by atoms with Gasteiger partial charge in [-0.2, -0.15) is 5.10 Å². The van der Waals surface area contributed by atoms with Gasteiger partial charge in [0.15, 0.2) is 5.17 Å². The van der Waals surface area contributed by atoms with E-state index in [1.54, 1.807) is 12.5 Å². The van der Waals surface area contributed by atoms with Crippen LogP contribution in [-0.4, -0.2) is 20.9 Å². The zero-order valence-corrected chi connectivity index (χ0v) is 13.6. The highest BCUT2D eigenvalue weighted by Gasteiger charge is 1.99. The van der Waals surface area contributed by atoms with Crippen molar-refractivity contribution in [2.75, 3.05) is 0 Å². The lowest BCUT2D eigenvalue weighted by Gasteiger charge is -1.99. The number of imidazole rings is 1. The fourth-order valence-electron chi connectivity index (χ4n) is 2.15. The Kier molecular flexibility index (Phi) is 4.73. The molecule has 0 aliphatic carbocycles. The molecular weight excluding hydrogens is 306 g/mol. The molecule has 1 heterocycles. The Morgan fingerprint density at radius 1 is 1.26 bits per heavy atom. The van der Waals surface area contributed by atoms with Gasteiger partial charge < -0.3 is 10.3 Å². The van der Waals surface area contributed by atoms with Crippen molar-refractivity contribution in [3.05, 3.63) is 66.0 Å². The van der Waals surface area contributed by atoms with E-state index in [1.165, 1.54) is 17.3 Å². The molecule has 23 heavy (non-hydrogen) atoms. The second-order valence-corrected chi connectivity index (χ2v) is 6.06. The predicted molar refractivity (Wildman–Crippen MR) is 97.7 cm³/mol. The Hall–Kier alpha value is -2.60. The van der Waals surface area contributed by atoms with Gasteiger partial charge in [-0.1, -0.05) is 48.2 Å². The smallest absolute Gasteiger partial charge is 0.180 e. The molecule has 116 valence electrons. The summed E-state index contributed by atoms with van der Waals surface area (Å²) in [6.45, 7) is 0. The first-order valence-corrected chi connectivity index (χ1v) is 8.15. The Balaban J connectivity index is 1.61. The van der Waals surface area contributed by atoms with Crippen LogP contribution in [-0.2, 0) is 12.8 Å². The van der Waals surface area contributed by atoms with Gasteiger partial charge in [-0.15, -0.1) is 5.10 Å². The molecule has 0 saturated heterocycles. The average molecular weight is 323 g/mol. The second kappa shape index (κ2) is 7.11. The van der Waals surface area contributed by atoms with Gasteiger partial charge in [0.05, 0.1) is 23.6 Å². The van der Waals surface area contributed by atoms with Crippen molar-refractivity contribution in [3.63, 3.8) is 0 Å². The number of aromatic nitrogens is 2. The molecule has 5 nitrogen and oxygen atoms in total.